The molecule has 1 aromatic carbocycles. The summed E-state index contributed by atoms with van der Waals surface area (Å²) in [6.45, 7) is 7.23. The minimum atomic E-state index is 0.204. The van der Waals surface area contributed by atoms with Gasteiger partial charge in [0.05, 0.1) is 4.88 Å². The van der Waals surface area contributed by atoms with Crippen molar-refractivity contribution in [2.24, 2.45) is 5.92 Å². The first-order chi connectivity index (χ1) is 11.8. The molecule has 128 valence electrons. The van der Waals surface area contributed by atoms with Crippen LogP contribution in [0.5, 0.6) is 0 Å². The first kappa shape index (κ1) is 16.1. The lowest BCUT2D eigenvalue weighted by Crippen LogP contribution is -2.50. The Labute approximate surface area is 147 Å². The molecule has 0 radical (unpaired) electrons. The number of nitrogens with one attached hydrogen (secondary N) is 1. The molecule has 0 aliphatic carbocycles. The highest BCUT2D eigenvalue weighted by Gasteiger charge is 2.25. The van der Waals surface area contributed by atoms with Crippen molar-refractivity contribution in [3.63, 3.8) is 0 Å². The second-order valence-corrected chi connectivity index (χ2v) is 8.04. The Bertz CT molecular complexity index is 666. The summed E-state index contributed by atoms with van der Waals surface area (Å²) in [5.41, 5.74) is 0. The maximum Gasteiger partial charge on any atom is 0.264 e. The predicted octanol–water partition coefficient (Wildman–Crippen LogP) is 2.66. The zero-order valence-electron chi connectivity index (χ0n) is 14.0. The summed E-state index contributed by atoms with van der Waals surface area (Å²) in [5.74, 6) is 0.985. The van der Waals surface area contributed by atoms with Gasteiger partial charge in [-0.15, -0.1) is 11.3 Å². The van der Waals surface area contributed by atoms with Crippen LogP contribution in [0.3, 0.4) is 0 Å². The van der Waals surface area contributed by atoms with Gasteiger partial charge in [0, 0.05) is 37.4 Å². The SMILES string of the molecule is O=C(c1cc2ccccc2s1)N1CCN(CC2CCCNC2)CC1. The van der Waals surface area contributed by atoms with Gasteiger partial charge < -0.3 is 10.2 Å². The highest BCUT2D eigenvalue weighted by atomic mass is 32.1. The molecule has 2 saturated heterocycles. The van der Waals surface area contributed by atoms with Gasteiger partial charge in [0.2, 0.25) is 0 Å². The molecule has 5 heteroatoms. The van der Waals surface area contributed by atoms with E-state index in [1.165, 1.54) is 36.0 Å². The van der Waals surface area contributed by atoms with Crippen molar-refractivity contribution >= 4 is 27.3 Å². The van der Waals surface area contributed by atoms with Crippen molar-refractivity contribution < 1.29 is 4.79 Å². The molecule has 1 amide bonds. The number of fused-ring (bicyclic) bond motifs is 1. The average Bonchev–Trinajstić information content (AvgIpc) is 3.07. The third-order valence-corrected chi connectivity index (χ3v) is 6.32. The summed E-state index contributed by atoms with van der Waals surface area (Å²) in [6.07, 6.45) is 2.64. The number of rotatable bonds is 3. The first-order valence-corrected chi connectivity index (χ1v) is 9.82. The minimum absolute atomic E-state index is 0.204. The van der Waals surface area contributed by atoms with E-state index in [-0.39, 0.29) is 5.91 Å². The van der Waals surface area contributed by atoms with E-state index in [4.69, 9.17) is 0 Å². The average molecular weight is 343 g/mol. The number of benzene rings is 1. The Balaban J connectivity index is 1.34. The minimum Gasteiger partial charge on any atom is -0.335 e. The van der Waals surface area contributed by atoms with Gasteiger partial charge in [0.15, 0.2) is 0 Å². The van der Waals surface area contributed by atoms with Crippen LogP contribution in [0.15, 0.2) is 30.3 Å². The Morgan fingerprint density at radius 2 is 2.04 bits per heavy atom. The Kier molecular flexibility index (Phi) is 4.83. The molecule has 2 aliphatic rings. The number of carbonyl (C=O) groups is 1. The van der Waals surface area contributed by atoms with E-state index in [0.29, 0.717) is 0 Å². The Hall–Kier alpha value is -1.43. The number of piperazine rings is 1. The lowest BCUT2D eigenvalue weighted by atomic mass is 9.99. The molecule has 1 N–H and O–H groups in total. The third-order valence-electron chi connectivity index (χ3n) is 5.21. The van der Waals surface area contributed by atoms with E-state index in [1.807, 2.05) is 23.1 Å². The van der Waals surface area contributed by atoms with Crippen LogP contribution in [0, 0.1) is 5.92 Å². The predicted molar refractivity (Wildman–Crippen MR) is 99.8 cm³/mol. The summed E-state index contributed by atoms with van der Waals surface area (Å²) in [5, 5.41) is 4.67. The van der Waals surface area contributed by atoms with Crippen molar-refractivity contribution in [2.75, 3.05) is 45.8 Å². The van der Waals surface area contributed by atoms with Crippen LogP contribution in [-0.4, -0.2) is 61.5 Å². The topological polar surface area (TPSA) is 35.6 Å². The fourth-order valence-corrected chi connectivity index (χ4v) is 4.85. The largest absolute Gasteiger partial charge is 0.335 e. The van der Waals surface area contributed by atoms with Crippen LogP contribution in [0.1, 0.15) is 22.5 Å². The quantitative estimate of drug-likeness (QED) is 0.931. The van der Waals surface area contributed by atoms with Crippen molar-refractivity contribution in [2.45, 2.75) is 12.8 Å². The number of hydrogen-bond donors (Lipinski definition) is 1. The van der Waals surface area contributed by atoms with Crippen LogP contribution < -0.4 is 5.32 Å². The van der Waals surface area contributed by atoms with Gasteiger partial charge in [0.1, 0.15) is 0 Å². The molecular formula is C19H25N3OS. The second-order valence-electron chi connectivity index (χ2n) is 6.95. The summed E-state index contributed by atoms with van der Waals surface area (Å²) in [4.78, 5) is 18.2. The number of nitrogens with zero attached hydrogens (tertiary/aromatic N) is 2. The van der Waals surface area contributed by atoms with Crippen molar-refractivity contribution in [3.05, 3.63) is 35.2 Å². The van der Waals surface area contributed by atoms with E-state index in [1.54, 1.807) is 11.3 Å². The zero-order chi connectivity index (χ0) is 16.4. The van der Waals surface area contributed by atoms with E-state index in [9.17, 15) is 4.79 Å². The Morgan fingerprint density at radius 3 is 2.79 bits per heavy atom. The van der Waals surface area contributed by atoms with E-state index in [0.717, 1.165) is 43.5 Å². The smallest absolute Gasteiger partial charge is 0.264 e. The van der Waals surface area contributed by atoms with Gasteiger partial charge in [0.25, 0.3) is 5.91 Å². The standard InChI is InChI=1S/C19H25N3OS/c23-19(18-12-16-5-1-2-6-17(16)24-18)22-10-8-21(9-11-22)14-15-4-3-7-20-13-15/h1-2,5-6,12,15,20H,3-4,7-11,13-14H2. The lowest BCUT2D eigenvalue weighted by Gasteiger charge is -2.37. The van der Waals surface area contributed by atoms with Gasteiger partial charge in [-0.25, -0.2) is 0 Å². The number of hydrogen-bond acceptors (Lipinski definition) is 4. The molecule has 1 aromatic heterocycles. The fraction of sp³-hybridized carbons (Fsp3) is 0.526. The van der Waals surface area contributed by atoms with E-state index < -0.39 is 0 Å². The molecule has 2 aliphatic heterocycles. The molecule has 0 spiro atoms. The number of amides is 1. The Morgan fingerprint density at radius 1 is 1.21 bits per heavy atom. The van der Waals surface area contributed by atoms with Crippen LogP contribution in [0.2, 0.25) is 0 Å². The lowest BCUT2D eigenvalue weighted by molar-refractivity contribution is 0.0614. The van der Waals surface area contributed by atoms with Crippen LogP contribution in [-0.2, 0) is 0 Å². The molecule has 24 heavy (non-hydrogen) atoms. The molecule has 0 saturated carbocycles. The van der Waals surface area contributed by atoms with Crippen molar-refractivity contribution in [1.82, 2.24) is 15.1 Å². The molecule has 4 rings (SSSR count). The molecule has 2 aromatic rings. The fourth-order valence-electron chi connectivity index (χ4n) is 3.82. The molecule has 4 nitrogen and oxygen atoms in total. The monoisotopic (exact) mass is 343 g/mol. The van der Waals surface area contributed by atoms with E-state index >= 15 is 0 Å². The molecule has 1 unspecified atom stereocenters. The van der Waals surface area contributed by atoms with Crippen LogP contribution >= 0.6 is 11.3 Å². The van der Waals surface area contributed by atoms with Gasteiger partial charge in [-0.05, 0) is 49.4 Å². The molecule has 0 bridgehead atoms. The van der Waals surface area contributed by atoms with Gasteiger partial charge in [-0.3, -0.25) is 9.69 Å². The van der Waals surface area contributed by atoms with Crippen molar-refractivity contribution in [1.29, 1.82) is 0 Å². The molecule has 3 heterocycles. The summed E-state index contributed by atoms with van der Waals surface area (Å²) in [6, 6.07) is 10.3. The second kappa shape index (κ2) is 7.21. The summed E-state index contributed by atoms with van der Waals surface area (Å²) in [7, 11) is 0. The number of carbonyl (C=O) groups excluding carboxylic acids is 1. The highest BCUT2D eigenvalue weighted by molar-refractivity contribution is 7.20. The van der Waals surface area contributed by atoms with Crippen molar-refractivity contribution in [3.8, 4) is 0 Å². The third kappa shape index (κ3) is 3.48. The van der Waals surface area contributed by atoms with Crippen LogP contribution in [0.25, 0.3) is 10.1 Å². The van der Waals surface area contributed by atoms with Crippen LogP contribution in [0.4, 0.5) is 0 Å². The number of thiophene rings is 1. The number of piperidine rings is 1. The first-order valence-electron chi connectivity index (χ1n) is 9.00. The molecule has 1 atom stereocenters. The summed E-state index contributed by atoms with van der Waals surface area (Å²) < 4.78 is 1.20. The summed E-state index contributed by atoms with van der Waals surface area (Å²) >= 11 is 1.62. The van der Waals surface area contributed by atoms with Gasteiger partial charge in [-0.1, -0.05) is 18.2 Å². The maximum absolute atomic E-state index is 12.8. The van der Waals surface area contributed by atoms with Gasteiger partial charge >= 0.3 is 0 Å². The molecule has 2 fully saturated rings. The normalized spacial score (nSPS) is 22.8. The maximum atomic E-state index is 12.8. The zero-order valence-corrected chi connectivity index (χ0v) is 14.9. The van der Waals surface area contributed by atoms with Gasteiger partial charge in [-0.2, -0.15) is 0 Å². The molecular weight excluding hydrogens is 318 g/mol. The van der Waals surface area contributed by atoms with E-state index in [2.05, 4.69) is 22.3 Å². The highest BCUT2D eigenvalue weighted by Crippen LogP contribution is 2.26.